The van der Waals surface area contributed by atoms with Crippen molar-refractivity contribution in [3.05, 3.63) is 29.8 Å². The number of rotatable bonds is 1. The monoisotopic (exact) mass is 291 g/mol. The quantitative estimate of drug-likeness (QED) is 0.862. The van der Waals surface area contributed by atoms with E-state index in [-0.39, 0.29) is 17.4 Å². The highest BCUT2D eigenvalue weighted by Gasteiger charge is 2.30. The first-order valence-electron chi connectivity index (χ1n) is 4.98. The van der Waals surface area contributed by atoms with Gasteiger partial charge in [-0.05, 0) is 18.2 Å². The van der Waals surface area contributed by atoms with Gasteiger partial charge in [0.1, 0.15) is 0 Å². The maximum atomic E-state index is 12.5. The zero-order valence-corrected chi connectivity index (χ0v) is 10.4. The third-order valence-corrected chi connectivity index (χ3v) is 2.84. The summed E-state index contributed by atoms with van der Waals surface area (Å²) in [5.74, 6) is 0.0101. The van der Waals surface area contributed by atoms with Crippen LogP contribution in [-0.4, -0.2) is 23.1 Å². The lowest BCUT2D eigenvalue weighted by atomic mass is 10.2. The Bertz CT molecular complexity index is 584. The molecule has 1 aromatic carbocycles. The Morgan fingerprint density at radius 1 is 1.32 bits per heavy atom. The zero-order valence-electron chi connectivity index (χ0n) is 9.56. The van der Waals surface area contributed by atoms with E-state index in [0.717, 1.165) is 12.1 Å². The van der Waals surface area contributed by atoms with Crippen molar-refractivity contribution in [3.63, 3.8) is 0 Å². The van der Waals surface area contributed by atoms with Crippen molar-refractivity contribution in [2.24, 2.45) is 8.80 Å². The van der Waals surface area contributed by atoms with Crippen molar-refractivity contribution in [2.45, 2.75) is 6.18 Å². The molecule has 0 spiro atoms. The molecule has 102 valence electrons. The minimum absolute atomic E-state index is 0.0178. The number of ether oxygens (including phenoxy) is 1. The molecule has 0 bridgehead atoms. The highest BCUT2D eigenvalue weighted by Crippen LogP contribution is 2.30. The van der Waals surface area contributed by atoms with Gasteiger partial charge in [-0.25, -0.2) is 4.21 Å². The predicted molar refractivity (Wildman–Crippen MR) is 65.1 cm³/mol. The molecular formula is C10H8F3N3O2S. The summed E-state index contributed by atoms with van der Waals surface area (Å²) in [5, 5.41) is 2.59. The molecular weight excluding hydrogens is 283 g/mol. The standard InChI is InChI=1S/C10H8F3N3O2S/c1-18-9-8(15-19(17)16-9)14-7-4-2-3-6(5-7)10(11,12)13/h2-5H,1H3,(H,14,15). The molecule has 0 saturated carbocycles. The van der Waals surface area contributed by atoms with Crippen LogP contribution in [0.15, 0.2) is 33.1 Å². The summed E-state index contributed by atoms with van der Waals surface area (Å²) < 4.78 is 60.6. The van der Waals surface area contributed by atoms with Crippen molar-refractivity contribution in [3.8, 4) is 0 Å². The average molecular weight is 291 g/mol. The fourth-order valence-electron chi connectivity index (χ4n) is 1.37. The minimum atomic E-state index is -4.43. The van der Waals surface area contributed by atoms with Crippen LogP contribution in [0.5, 0.6) is 0 Å². The van der Waals surface area contributed by atoms with Crippen LogP contribution in [0.2, 0.25) is 0 Å². The highest BCUT2D eigenvalue weighted by molar-refractivity contribution is 7.83. The van der Waals surface area contributed by atoms with Crippen LogP contribution in [0.25, 0.3) is 0 Å². The summed E-state index contributed by atoms with van der Waals surface area (Å²) in [4.78, 5) is 0. The van der Waals surface area contributed by atoms with Gasteiger partial charge in [0.25, 0.3) is 17.1 Å². The molecule has 0 amide bonds. The SMILES string of the molecule is COC1=NS(=O)N=C1Nc1cccc(C(F)(F)F)c1. The van der Waals surface area contributed by atoms with Gasteiger partial charge in [-0.1, -0.05) is 6.07 Å². The Morgan fingerprint density at radius 3 is 2.68 bits per heavy atom. The molecule has 0 saturated heterocycles. The first-order chi connectivity index (χ1) is 8.90. The number of nitrogens with zero attached hydrogens (tertiary/aromatic N) is 2. The van der Waals surface area contributed by atoms with Gasteiger partial charge >= 0.3 is 6.18 Å². The number of hydrogen-bond donors (Lipinski definition) is 1. The van der Waals surface area contributed by atoms with Crippen LogP contribution in [0, 0.1) is 0 Å². The summed E-state index contributed by atoms with van der Waals surface area (Å²) in [7, 11) is 1.30. The Balaban J connectivity index is 2.24. The molecule has 1 unspecified atom stereocenters. The maximum absolute atomic E-state index is 12.5. The number of anilines is 1. The molecule has 1 aromatic rings. The Kier molecular flexibility index (Phi) is 3.56. The highest BCUT2D eigenvalue weighted by atomic mass is 32.2. The van der Waals surface area contributed by atoms with Gasteiger partial charge in [-0.2, -0.15) is 13.2 Å². The molecule has 1 aliphatic heterocycles. The molecule has 0 fully saturated rings. The van der Waals surface area contributed by atoms with Crippen LogP contribution < -0.4 is 5.32 Å². The number of methoxy groups -OCH3 is 1. The Labute approximate surface area is 108 Å². The van der Waals surface area contributed by atoms with E-state index < -0.39 is 22.9 Å². The summed E-state index contributed by atoms with van der Waals surface area (Å²) in [6.07, 6.45) is -4.43. The second-order valence-electron chi connectivity index (χ2n) is 3.47. The lowest BCUT2D eigenvalue weighted by molar-refractivity contribution is -0.137. The van der Waals surface area contributed by atoms with Crippen LogP contribution in [0.1, 0.15) is 5.56 Å². The Hall–Kier alpha value is -1.90. The zero-order chi connectivity index (χ0) is 14.0. The van der Waals surface area contributed by atoms with Crippen LogP contribution in [0.3, 0.4) is 0 Å². The fourth-order valence-corrected chi connectivity index (χ4v) is 2.00. The number of benzene rings is 1. The molecule has 2 rings (SSSR count). The van der Waals surface area contributed by atoms with Gasteiger partial charge in [0, 0.05) is 5.69 Å². The first kappa shape index (κ1) is 13.5. The topological polar surface area (TPSA) is 63.0 Å². The van der Waals surface area contributed by atoms with Crippen LogP contribution in [-0.2, 0) is 22.1 Å². The molecule has 1 N–H and O–H groups in total. The van der Waals surface area contributed by atoms with E-state index in [1.54, 1.807) is 0 Å². The number of halogens is 3. The molecule has 9 heteroatoms. The smallest absolute Gasteiger partial charge is 0.416 e. The fraction of sp³-hybridized carbons (Fsp3) is 0.200. The molecule has 1 atom stereocenters. The molecule has 1 aliphatic rings. The molecule has 0 aliphatic carbocycles. The van der Waals surface area contributed by atoms with Crippen molar-refractivity contribution >= 4 is 28.6 Å². The van der Waals surface area contributed by atoms with Crippen LogP contribution in [0.4, 0.5) is 18.9 Å². The number of nitrogens with one attached hydrogen (secondary N) is 1. The minimum Gasteiger partial charge on any atom is -0.478 e. The lowest BCUT2D eigenvalue weighted by Crippen LogP contribution is -2.22. The third kappa shape index (κ3) is 3.11. The second kappa shape index (κ2) is 5.00. The van der Waals surface area contributed by atoms with E-state index in [2.05, 4.69) is 14.1 Å². The van der Waals surface area contributed by atoms with Gasteiger partial charge in [0.15, 0.2) is 0 Å². The van der Waals surface area contributed by atoms with E-state index in [1.165, 1.54) is 19.2 Å². The second-order valence-corrected chi connectivity index (χ2v) is 4.30. The number of alkyl halides is 3. The molecule has 19 heavy (non-hydrogen) atoms. The van der Waals surface area contributed by atoms with E-state index in [4.69, 9.17) is 4.74 Å². The van der Waals surface area contributed by atoms with Crippen molar-refractivity contribution in [1.82, 2.24) is 0 Å². The number of amidine groups is 1. The summed E-state index contributed by atoms with van der Waals surface area (Å²) in [6.45, 7) is 0. The van der Waals surface area contributed by atoms with Crippen molar-refractivity contribution in [1.29, 1.82) is 0 Å². The summed E-state index contributed by atoms with van der Waals surface area (Å²) in [6, 6.07) is 4.54. The van der Waals surface area contributed by atoms with Crippen LogP contribution >= 0.6 is 0 Å². The van der Waals surface area contributed by atoms with E-state index in [0.29, 0.717) is 0 Å². The molecule has 1 heterocycles. The molecule has 5 nitrogen and oxygen atoms in total. The average Bonchev–Trinajstić information content (AvgIpc) is 2.69. The molecule has 0 radical (unpaired) electrons. The van der Waals surface area contributed by atoms with Gasteiger partial charge < -0.3 is 10.1 Å². The van der Waals surface area contributed by atoms with Gasteiger partial charge in [0.2, 0.25) is 5.84 Å². The summed E-state index contributed by atoms with van der Waals surface area (Å²) >= 11 is -1.81. The van der Waals surface area contributed by atoms with Crippen molar-refractivity contribution in [2.75, 3.05) is 12.4 Å². The Morgan fingerprint density at radius 2 is 2.05 bits per heavy atom. The maximum Gasteiger partial charge on any atom is 0.416 e. The van der Waals surface area contributed by atoms with Gasteiger partial charge in [-0.3, -0.25) is 0 Å². The van der Waals surface area contributed by atoms with Gasteiger partial charge in [-0.15, -0.1) is 8.80 Å². The third-order valence-electron chi connectivity index (χ3n) is 2.18. The van der Waals surface area contributed by atoms with Crippen molar-refractivity contribution < 1.29 is 22.1 Å². The van der Waals surface area contributed by atoms with E-state index in [9.17, 15) is 17.4 Å². The number of hydrogen-bond acceptors (Lipinski definition) is 3. The predicted octanol–water partition coefficient (Wildman–Crippen LogP) is 2.15. The largest absolute Gasteiger partial charge is 0.478 e. The van der Waals surface area contributed by atoms with Gasteiger partial charge in [0.05, 0.1) is 12.7 Å². The normalized spacial score (nSPS) is 18.8. The van der Waals surface area contributed by atoms with E-state index >= 15 is 0 Å². The molecule has 0 aromatic heterocycles. The van der Waals surface area contributed by atoms with E-state index in [1.807, 2.05) is 0 Å². The summed E-state index contributed by atoms with van der Waals surface area (Å²) in [5.41, 5.74) is -0.648. The first-order valence-corrected chi connectivity index (χ1v) is 6.04. The lowest BCUT2D eigenvalue weighted by Gasteiger charge is -2.10.